The lowest BCUT2D eigenvalue weighted by atomic mass is 10.0. The van der Waals surface area contributed by atoms with E-state index in [0.717, 1.165) is 22.5 Å². The number of aromatic nitrogens is 4. The van der Waals surface area contributed by atoms with Crippen molar-refractivity contribution in [1.82, 2.24) is 19.5 Å². The highest BCUT2D eigenvalue weighted by Crippen LogP contribution is 2.38. The van der Waals surface area contributed by atoms with E-state index in [0.29, 0.717) is 13.0 Å². The summed E-state index contributed by atoms with van der Waals surface area (Å²) in [7, 11) is 3.89. The summed E-state index contributed by atoms with van der Waals surface area (Å²) in [6, 6.07) is 10.0. The fraction of sp³-hybridized carbons (Fsp3) is 0.348. The topological polar surface area (TPSA) is 65.3 Å². The molecule has 1 aromatic carbocycles. The van der Waals surface area contributed by atoms with Crippen LogP contribution in [0.15, 0.2) is 68.3 Å². The van der Waals surface area contributed by atoms with Crippen molar-refractivity contribution in [2.75, 3.05) is 19.0 Å². The van der Waals surface area contributed by atoms with Crippen molar-refractivity contribution in [2.24, 2.45) is 0 Å². The highest BCUT2D eigenvalue weighted by molar-refractivity contribution is 5.83. The molecule has 30 heavy (non-hydrogen) atoms. The maximum Gasteiger partial charge on any atom is 0.165 e. The number of hydrogen-bond acceptors (Lipinski definition) is 6. The molecular formula is C23H27N5O2. The van der Waals surface area contributed by atoms with Crippen LogP contribution in [0, 0.1) is 0 Å². The number of ether oxygens (including phenoxy) is 2. The number of anilines is 1. The smallest absolute Gasteiger partial charge is 0.165 e. The largest absolute Gasteiger partial charge is 0.368 e. The summed E-state index contributed by atoms with van der Waals surface area (Å²) in [5.74, 6) is 0.778. The zero-order chi connectivity index (χ0) is 21.1. The molecule has 0 aliphatic carbocycles. The summed E-state index contributed by atoms with van der Waals surface area (Å²) in [5, 5.41) is 0. The monoisotopic (exact) mass is 405 g/mol. The second-order valence-electron chi connectivity index (χ2n) is 7.57. The van der Waals surface area contributed by atoms with Gasteiger partial charge in [0.25, 0.3) is 0 Å². The number of hydrogen-bond donors (Lipinski definition) is 0. The first-order valence-electron chi connectivity index (χ1n) is 10.0. The number of benzene rings is 1. The Hall–Kier alpha value is -3.03. The molecule has 4 rings (SSSR count). The third-order valence-corrected chi connectivity index (χ3v) is 5.37. The molecule has 0 radical (unpaired) electrons. The lowest BCUT2D eigenvalue weighted by Crippen LogP contribution is -2.32. The summed E-state index contributed by atoms with van der Waals surface area (Å²) in [6.45, 7) is 8.36. The second kappa shape index (κ2) is 8.77. The summed E-state index contributed by atoms with van der Waals surface area (Å²) >= 11 is 0. The van der Waals surface area contributed by atoms with E-state index in [1.54, 1.807) is 12.7 Å². The molecular weight excluding hydrogens is 378 g/mol. The van der Waals surface area contributed by atoms with Crippen LogP contribution in [0.25, 0.3) is 11.2 Å². The van der Waals surface area contributed by atoms with Crippen LogP contribution in [-0.2, 0) is 16.1 Å². The normalized spacial score (nSPS) is 23.5. The van der Waals surface area contributed by atoms with E-state index in [1.807, 2.05) is 49.3 Å². The van der Waals surface area contributed by atoms with Gasteiger partial charge in [-0.15, -0.1) is 13.2 Å². The molecule has 3 heterocycles. The predicted molar refractivity (Wildman–Crippen MR) is 117 cm³/mol. The molecule has 0 bridgehead atoms. The van der Waals surface area contributed by atoms with Crippen LogP contribution < -0.4 is 4.90 Å². The van der Waals surface area contributed by atoms with Gasteiger partial charge in [0.2, 0.25) is 0 Å². The fourth-order valence-corrected chi connectivity index (χ4v) is 4.00. The van der Waals surface area contributed by atoms with Crippen molar-refractivity contribution in [1.29, 1.82) is 0 Å². The average molecular weight is 406 g/mol. The summed E-state index contributed by atoms with van der Waals surface area (Å²) < 4.78 is 14.8. The van der Waals surface area contributed by atoms with Crippen molar-refractivity contribution in [2.45, 2.75) is 37.4 Å². The lowest BCUT2D eigenvalue weighted by Gasteiger charge is -2.25. The number of nitrogens with zero attached hydrogens (tertiary/aromatic N) is 5. The Kier molecular flexibility index (Phi) is 5.92. The Balaban J connectivity index is 1.73. The Bertz CT molecular complexity index is 1020. The van der Waals surface area contributed by atoms with Gasteiger partial charge in [0.15, 0.2) is 17.0 Å². The number of imidazole rings is 1. The molecule has 2 aromatic heterocycles. The molecule has 3 aromatic rings. The number of fused-ring (bicyclic) bond motifs is 1. The van der Waals surface area contributed by atoms with Crippen LogP contribution in [0.1, 0.15) is 18.0 Å². The fourth-order valence-electron chi connectivity index (χ4n) is 4.00. The molecule has 4 atom stereocenters. The molecule has 7 heteroatoms. The van der Waals surface area contributed by atoms with Crippen molar-refractivity contribution in [3.63, 3.8) is 0 Å². The first-order valence-corrected chi connectivity index (χ1v) is 10.0. The van der Waals surface area contributed by atoms with Crippen LogP contribution in [-0.4, -0.2) is 51.9 Å². The van der Waals surface area contributed by atoms with E-state index < -0.39 is 0 Å². The Morgan fingerprint density at radius 2 is 1.97 bits per heavy atom. The van der Waals surface area contributed by atoms with Crippen LogP contribution in [0.5, 0.6) is 0 Å². The Labute approximate surface area is 176 Å². The van der Waals surface area contributed by atoms with Crippen molar-refractivity contribution < 1.29 is 9.47 Å². The van der Waals surface area contributed by atoms with Gasteiger partial charge in [0.05, 0.1) is 25.1 Å². The van der Waals surface area contributed by atoms with Crippen LogP contribution >= 0.6 is 0 Å². The second-order valence-corrected chi connectivity index (χ2v) is 7.57. The molecule has 1 aliphatic rings. The van der Waals surface area contributed by atoms with E-state index in [-0.39, 0.29) is 24.4 Å². The Morgan fingerprint density at radius 3 is 2.67 bits per heavy atom. The van der Waals surface area contributed by atoms with Gasteiger partial charge in [-0.3, -0.25) is 0 Å². The van der Waals surface area contributed by atoms with Crippen molar-refractivity contribution >= 4 is 17.0 Å². The summed E-state index contributed by atoms with van der Waals surface area (Å²) in [5.41, 5.74) is 2.62. The van der Waals surface area contributed by atoms with E-state index in [1.165, 1.54) is 0 Å². The quantitative estimate of drug-likeness (QED) is 0.534. The molecule has 7 nitrogen and oxygen atoms in total. The van der Waals surface area contributed by atoms with E-state index in [2.05, 4.69) is 44.8 Å². The van der Waals surface area contributed by atoms with Crippen LogP contribution in [0.3, 0.4) is 0 Å². The van der Waals surface area contributed by atoms with Crippen molar-refractivity contribution in [3.8, 4) is 0 Å². The molecule has 0 unspecified atom stereocenters. The molecule has 1 aliphatic heterocycles. The van der Waals surface area contributed by atoms with Gasteiger partial charge in [0.1, 0.15) is 18.5 Å². The zero-order valence-electron chi connectivity index (χ0n) is 17.4. The van der Waals surface area contributed by atoms with Crippen molar-refractivity contribution in [3.05, 3.63) is 73.9 Å². The molecule has 1 fully saturated rings. The maximum absolute atomic E-state index is 6.40. The standard InChI is InChI=1S/C23H27N5O2/c1-5-10-18-20(28-15-26-19-22(27(3)4)24-14-25-23(19)28)21(17(6-2)30-18)29-13-16-11-8-7-9-12-16/h5-9,11-12,14-15,17-18,20-21H,1-2,10,13H2,3-4H3/t17-,18+,20+,21+/m1/s1. The molecule has 0 N–H and O–H groups in total. The molecule has 1 saturated heterocycles. The van der Waals surface area contributed by atoms with Gasteiger partial charge >= 0.3 is 0 Å². The average Bonchev–Trinajstić information content (AvgIpc) is 3.33. The maximum atomic E-state index is 6.40. The molecule has 156 valence electrons. The number of rotatable bonds is 8. The van der Waals surface area contributed by atoms with Crippen LogP contribution in [0.4, 0.5) is 5.82 Å². The van der Waals surface area contributed by atoms with Gasteiger partial charge in [-0.1, -0.05) is 42.5 Å². The van der Waals surface area contributed by atoms with E-state index in [4.69, 9.17) is 9.47 Å². The minimum absolute atomic E-state index is 0.121. The molecule has 0 amide bonds. The van der Waals surface area contributed by atoms with Gasteiger partial charge in [-0.05, 0) is 12.0 Å². The SMILES string of the molecule is C=CC[C@@H]1O[C@H](C=C)[C@H](OCc2ccccc2)[C@H]1n1cnc2c(N(C)C)ncnc21. The lowest BCUT2D eigenvalue weighted by molar-refractivity contribution is -0.0106. The minimum Gasteiger partial charge on any atom is -0.368 e. The zero-order valence-corrected chi connectivity index (χ0v) is 17.4. The van der Waals surface area contributed by atoms with Crippen LogP contribution in [0.2, 0.25) is 0 Å². The predicted octanol–water partition coefficient (Wildman–Crippen LogP) is 3.55. The first kappa shape index (κ1) is 20.3. The van der Waals surface area contributed by atoms with Gasteiger partial charge in [0, 0.05) is 14.1 Å². The highest BCUT2D eigenvalue weighted by Gasteiger charge is 2.45. The van der Waals surface area contributed by atoms with Gasteiger partial charge in [-0.2, -0.15) is 0 Å². The highest BCUT2D eigenvalue weighted by atomic mass is 16.6. The third-order valence-electron chi connectivity index (χ3n) is 5.37. The van der Waals surface area contributed by atoms with Gasteiger partial charge < -0.3 is 18.9 Å². The minimum atomic E-state index is -0.240. The van der Waals surface area contributed by atoms with Gasteiger partial charge in [-0.25, -0.2) is 15.0 Å². The summed E-state index contributed by atoms with van der Waals surface area (Å²) in [6.07, 6.45) is 7.15. The summed E-state index contributed by atoms with van der Waals surface area (Å²) in [4.78, 5) is 15.4. The molecule has 0 spiro atoms. The first-order chi connectivity index (χ1) is 14.6. The molecule has 0 saturated carbocycles. The van der Waals surface area contributed by atoms with E-state index >= 15 is 0 Å². The van der Waals surface area contributed by atoms with E-state index in [9.17, 15) is 0 Å². The Morgan fingerprint density at radius 1 is 1.17 bits per heavy atom. The third kappa shape index (κ3) is 3.74.